The Morgan fingerprint density at radius 3 is 2.33 bits per heavy atom. The van der Waals surface area contributed by atoms with E-state index in [4.69, 9.17) is 5.73 Å². The number of nitrogens with one attached hydrogen (secondary N) is 2. The minimum absolute atomic E-state index is 0.209. The fraction of sp³-hybridized carbons (Fsp3) is 0.0870. The van der Waals surface area contributed by atoms with Gasteiger partial charge in [0.25, 0.3) is 0 Å². The second-order valence-corrected chi connectivity index (χ2v) is 7.30. The Morgan fingerprint density at radius 2 is 1.61 bits per heavy atom. The van der Waals surface area contributed by atoms with Crippen LogP contribution in [0.3, 0.4) is 0 Å². The molecule has 0 fully saturated rings. The Hall–Kier alpha value is -4.21. The molecule has 0 aliphatic carbocycles. The maximum atomic E-state index is 13.5. The van der Waals surface area contributed by atoms with Crippen molar-refractivity contribution >= 4 is 34.3 Å². The molecule has 0 aliphatic heterocycles. The number of nitrogens with two attached hydrogens (primary N) is 1. The van der Waals surface area contributed by atoms with Gasteiger partial charge in [-0.1, -0.05) is 18.2 Å². The van der Waals surface area contributed by atoms with Crippen LogP contribution in [0.1, 0.15) is 16.7 Å². The van der Waals surface area contributed by atoms with Gasteiger partial charge in [-0.25, -0.2) is 19.2 Å². The first kappa shape index (κ1) is 22.0. The Labute approximate surface area is 185 Å². The summed E-state index contributed by atoms with van der Waals surface area (Å²) in [6.07, 6.45) is -2.45. The molecule has 3 aromatic carbocycles. The highest BCUT2D eigenvalue weighted by Crippen LogP contribution is 2.31. The van der Waals surface area contributed by atoms with Crippen molar-refractivity contribution in [1.29, 1.82) is 0 Å². The molecule has 2 amide bonds. The summed E-state index contributed by atoms with van der Waals surface area (Å²) in [4.78, 5) is 20.3. The van der Waals surface area contributed by atoms with E-state index in [0.29, 0.717) is 24.2 Å². The maximum absolute atomic E-state index is 13.5. The largest absolute Gasteiger partial charge is 0.416 e. The second-order valence-electron chi connectivity index (χ2n) is 7.30. The third kappa shape index (κ3) is 5.53. The number of aromatic nitrogens is 2. The van der Waals surface area contributed by atoms with E-state index in [-0.39, 0.29) is 11.6 Å². The molecule has 4 N–H and O–H groups in total. The summed E-state index contributed by atoms with van der Waals surface area (Å²) in [5.41, 5.74) is 7.26. The molecule has 0 unspecified atom stereocenters. The van der Waals surface area contributed by atoms with Gasteiger partial charge in [-0.15, -0.1) is 0 Å². The van der Waals surface area contributed by atoms with Gasteiger partial charge in [0.1, 0.15) is 5.82 Å². The van der Waals surface area contributed by atoms with Gasteiger partial charge in [-0.2, -0.15) is 13.2 Å². The molecule has 6 nitrogen and oxygen atoms in total. The summed E-state index contributed by atoms with van der Waals surface area (Å²) in [6.45, 7) is 0. The standard InChI is InChI=1S/C23H17F4N5O/c24-17-9-16(23(25,26)27)10-19(11-17)31-22(33)30-18-4-1-13(2-5-18)7-14-3-6-20-15(8-14)12-29-21(28)32-20/h1-6,8-12H,7H2,(H2,28,29,32)(H2,30,31,33). The molecule has 0 aliphatic rings. The topological polar surface area (TPSA) is 92.9 Å². The van der Waals surface area contributed by atoms with Crippen LogP contribution in [-0.4, -0.2) is 16.0 Å². The number of hydrogen-bond donors (Lipinski definition) is 3. The number of benzene rings is 3. The zero-order valence-electron chi connectivity index (χ0n) is 16.9. The molecular weight excluding hydrogens is 438 g/mol. The number of nitrogen functional groups attached to an aromatic ring is 1. The van der Waals surface area contributed by atoms with E-state index in [1.54, 1.807) is 18.3 Å². The van der Waals surface area contributed by atoms with Crippen LogP contribution in [-0.2, 0) is 12.6 Å². The predicted molar refractivity (Wildman–Crippen MR) is 117 cm³/mol. The van der Waals surface area contributed by atoms with Crippen molar-refractivity contribution in [3.05, 3.63) is 89.4 Å². The Balaban J connectivity index is 1.40. The van der Waals surface area contributed by atoms with Crippen molar-refractivity contribution in [2.24, 2.45) is 0 Å². The summed E-state index contributed by atoms with van der Waals surface area (Å²) in [6, 6.07) is 13.7. The van der Waals surface area contributed by atoms with Crippen LogP contribution in [0, 0.1) is 5.82 Å². The summed E-state index contributed by atoms with van der Waals surface area (Å²) in [7, 11) is 0. The normalized spacial score (nSPS) is 11.4. The Bertz CT molecular complexity index is 1320. The summed E-state index contributed by atoms with van der Waals surface area (Å²) < 4.78 is 51.9. The highest BCUT2D eigenvalue weighted by Gasteiger charge is 2.31. The molecule has 4 rings (SSSR count). The van der Waals surface area contributed by atoms with Crippen LogP contribution in [0.5, 0.6) is 0 Å². The van der Waals surface area contributed by atoms with Gasteiger partial charge in [0.05, 0.1) is 11.1 Å². The summed E-state index contributed by atoms with van der Waals surface area (Å²) in [5.74, 6) is -0.895. The number of amides is 2. The first-order valence-electron chi connectivity index (χ1n) is 9.71. The third-order valence-corrected chi connectivity index (χ3v) is 4.77. The van der Waals surface area contributed by atoms with Gasteiger partial charge < -0.3 is 16.4 Å². The lowest BCUT2D eigenvalue weighted by Crippen LogP contribution is -2.20. The molecule has 0 radical (unpaired) electrons. The monoisotopic (exact) mass is 455 g/mol. The van der Waals surface area contributed by atoms with E-state index < -0.39 is 23.6 Å². The van der Waals surface area contributed by atoms with Gasteiger partial charge in [0.15, 0.2) is 0 Å². The smallest absolute Gasteiger partial charge is 0.368 e. The molecule has 0 bridgehead atoms. The highest BCUT2D eigenvalue weighted by atomic mass is 19.4. The molecule has 0 spiro atoms. The molecule has 0 atom stereocenters. The quantitative estimate of drug-likeness (QED) is 0.349. The zero-order chi connectivity index (χ0) is 23.6. The fourth-order valence-electron chi connectivity index (χ4n) is 3.27. The maximum Gasteiger partial charge on any atom is 0.416 e. The van der Waals surface area contributed by atoms with E-state index in [9.17, 15) is 22.4 Å². The van der Waals surface area contributed by atoms with Crippen molar-refractivity contribution in [3.63, 3.8) is 0 Å². The van der Waals surface area contributed by atoms with E-state index in [2.05, 4.69) is 20.6 Å². The van der Waals surface area contributed by atoms with Gasteiger partial charge in [-0.3, -0.25) is 0 Å². The van der Waals surface area contributed by atoms with Crippen molar-refractivity contribution in [3.8, 4) is 0 Å². The second kappa shape index (κ2) is 8.73. The van der Waals surface area contributed by atoms with Crippen molar-refractivity contribution in [2.45, 2.75) is 12.6 Å². The van der Waals surface area contributed by atoms with E-state index >= 15 is 0 Å². The van der Waals surface area contributed by atoms with Gasteiger partial charge in [-0.05, 0) is 60.0 Å². The molecule has 0 saturated carbocycles. The Kier molecular flexibility index (Phi) is 5.82. The SMILES string of the molecule is Nc1ncc2cc(Cc3ccc(NC(=O)Nc4cc(F)cc(C(F)(F)F)c4)cc3)ccc2n1. The molecule has 1 aromatic heterocycles. The van der Waals surface area contributed by atoms with Crippen LogP contribution in [0.2, 0.25) is 0 Å². The number of carbonyl (C=O) groups excluding carboxylic acids is 1. The molecule has 168 valence electrons. The fourth-order valence-corrected chi connectivity index (χ4v) is 3.27. The molecular formula is C23H17F4N5O. The van der Waals surface area contributed by atoms with Crippen LogP contribution < -0.4 is 16.4 Å². The van der Waals surface area contributed by atoms with E-state index in [1.165, 1.54) is 0 Å². The number of anilines is 3. The van der Waals surface area contributed by atoms with Crippen LogP contribution in [0.4, 0.5) is 39.7 Å². The van der Waals surface area contributed by atoms with Crippen LogP contribution in [0.25, 0.3) is 10.9 Å². The summed E-state index contributed by atoms with van der Waals surface area (Å²) in [5, 5.41) is 5.58. The molecule has 4 aromatic rings. The first-order valence-corrected chi connectivity index (χ1v) is 9.71. The molecule has 33 heavy (non-hydrogen) atoms. The number of carbonyl (C=O) groups is 1. The minimum Gasteiger partial charge on any atom is -0.368 e. The van der Waals surface area contributed by atoms with E-state index in [0.717, 1.165) is 28.1 Å². The number of urea groups is 1. The third-order valence-electron chi connectivity index (χ3n) is 4.77. The lowest BCUT2D eigenvalue weighted by molar-refractivity contribution is -0.137. The number of fused-ring (bicyclic) bond motifs is 1. The van der Waals surface area contributed by atoms with Crippen molar-refractivity contribution < 1.29 is 22.4 Å². The average Bonchev–Trinajstić information content (AvgIpc) is 2.74. The van der Waals surface area contributed by atoms with Crippen LogP contribution in [0.15, 0.2) is 66.9 Å². The number of hydrogen-bond acceptors (Lipinski definition) is 4. The predicted octanol–water partition coefficient (Wildman–Crippen LogP) is 5.60. The number of rotatable bonds is 4. The Morgan fingerprint density at radius 1 is 0.909 bits per heavy atom. The van der Waals surface area contributed by atoms with Gasteiger partial charge >= 0.3 is 12.2 Å². The van der Waals surface area contributed by atoms with Crippen molar-refractivity contribution in [2.75, 3.05) is 16.4 Å². The van der Waals surface area contributed by atoms with Crippen LogP contribution >= 0.6 is 0 Å². The average molecular weight is 455 g/mol. The van der Waals surface area contributed by atoms with Gasteiger partial charge in [0, 0.05) is 23.0 Å². The highest BCUT2D eigenvalue weighted by molar-refractivity contribution is 5.99. The molecule has 1 heterocycles. The molecule has 10 heteroatoms. The first-order chi connectivity index (χ1) is 15.7. The number of halogens is 4. The van der Waals surface area contributed by atoms with E-state index in [1.807, 2.05) is 30.3 Å². The zero-order valence-corrected chi connectivity index (χ0v) is 16.9. The summed E-state index contributed by atoms with van der Waals surface area (Å²) >= 11 is 0. The molecule has 0 saturated heterocycles. The number of alkyl halides is 3. The lowest BCUT2D eigenvalue weighted by atomic mass is 10.0. The lowest BCUT2D eigenvalue weighted by Gasteiger charge is -2.12. The number of nitrogens with zero attached hydrogens (tertiary/aromatic N) is 2. The van der Waals surface area contributed by atoms with Gasteiger partial charge in [0.2, 0.25) is 5.95 Å². The van der Waals surface area contributed by atoms with Crippen molar-refractivity contribution in [1.82, 2.24) is 9.97 Å². The minimum atomic E-state index is -4.73.